The van der Waals surface area contributed by atoms with Crippen molar-refractivity contribution in [2.24, 2.45) is 0 Å². The molecule has 2 aromatic heterocycles. The number of morpholine rings is 1. The number of fused-ring (bicyclic) bond motifs is 1. The van der Waals surface area contributed by atoms with Gasteiger partial charge >= 0.3 is 0 Å². The third-order valence-corrected chi connectivity index (χ3v) is 4.01. The Morgan fingerprint density at radius 3 is 2.50 bits per heavy atom. The first-order valence-electron chi connectivity index (χ1n) is 7.54. The monoisotopic (exact) mass is 291 g/mol. The molecular formula is C18H17N3O. The van der Waals surface area contributed by atoms with Crippen LogP contribution in [0.25, 0.3) is 22.0 Å². The van der Waals surface area contributed by atoms with Gasteiger partial charge in [-0.3, -0.25) is 4.98 Å². The van der Waals surface area contributed by atoms with Crippen LogP contribution in [0, 0.1) is 0 Å². The van der Waals surface area contributed by atoms with Gasteiger partial charge in [-0.1, -0.05) is 18.2 Å². The van der Waals surface area contributed by atoms with Gasteiger partial charge in [-0.15, -0.1) is 0 Å². The lowest BCUT2D eigenvalue weighted by molar-refractivity contribution is 0.122. The third kappa shape index (κ3) is 2.53. The molecule has 1 aromatic carbocycles. The minimum atomic E-state index is 0.776. The van der Waals surface area contributed by atoms with Crippen LogP contribution < -0.4 is 4.90 Å². The quantitative estimate of drug-likeness (QED) is 0.727. The average molecular weight is 291 g/mol. The highest BCUT2D eigenvalue weighted by molar-refractivity contribution is 5.83. The summed E-state index contributed by atoms with van der Waals surface area (Å²) >= 11 is 0. The SMILES string of the molecule is c1ccc2ncc(-c3ccc(N4CCOCC4)nc3)cc2c1. The molecule has 1 aliphatic rings. The van der Waals surface area contributed by atoms with Crippen LogP contribution in [0.2, 0.25) is 0 Å². The molecular weight excluding hydrogens is 274 g/mol. The minimum Gasteiger partial charge on any atom is -0.378 e. The van der Waals surface area contributed by atoms with Crippen molar-refractivity contribution in [2.75, 3.05) is 31.2 Å². The van der Waals surface area contributed by atoms with Crippen molar-refractivity contribution in [2.45, 2.75) is 0 Å². The van der Waals surface area contributed by atoms with Gasteiger partial charge < -0.3 is 9.64 Å². The molecule has 0 radical (unpaired) electrons. The molecule has 1 saturated heterocycles. The standard InChI is InChI=1S/C18H17N3O/c1-2-4-17-14(3-1)11-16(13-19-17)15-5-6-18(20-12-15)21-7-9-22-10-8-21/h1-6,11-13H,7-10H2. The Morgan fingerprint density at radius 1 is 0.864 bits per heavy atom. The molecule has 4 nitrogen and oxygen atoms in total. The summed E-state index contributed by atoms with van der Waals surface area (Å²) in [5.41, 5.74) is 3.21. The Balaban J connectivity index is 1.63. The summed E-state index contributed by atoms with van der Waals surface area (Å²) in [4.78, 5) is 11.4. The maximum atomic E-state index is 5.38. The second-order valence-corrected chi connectivity index (χ2v) is 5.42. The van der Waals surface area contributed by atoms with Gasteiger partial charge in [0.1, 0.15) is 5.82 Å². The number of rotatable bonds is 2. The Kier molecular flexibility index (Phi) is 3.45. The van der Waals surface area contributed by atoms with E-state index in [2.05, 4.69) is 39.1 Å². The van der Waals surface area contributed by atoms with Crippen molar-refractivity contribution in [3.05, 3.63) is 54.9 Å². The Hall–Kier alpha value is -2.46. The van der Waals surface area contributed by atoms with Gasteiger partial charge in [0.05, 0.1) is 18.7 Å². The van der Waals surface area contributed by atoms with E-state index in [4.69, 9.17) is 4.74 Å². The first-order chi connectivity index (χ1) is 10.9. The summed E-state index contributed by atoms with van der Waals surface area (Å²) in [5, 5.41) is 1.15. The van der Waals surface area contributed by atoms with Gasteiger partial charge in [-0.25, -0.2) is 4.98 Å². The summed E-state index contributed by atoms with van der Waals surface area (Å²) in [6.45, 7) is 3.36. The van der Waals surface area contributed by atoms with Crippen molar-refractivity contribution in [1.82, 2.24) is 9.97 Å². The molecule has 1 fully saturated rings. The van der Waals surface area contributed by atoms with Gasteiger partial charge in [0.25, 0.3) is 0 Å². The summed E-state index contributed by atoms with van der Waals surface area (Å²) in [6, 6.07) is 14.5. The maximum Gasteiger partial charge on any atom is 0.128 e. The van der Waals surface area contributed by atoms with Gasteiger partial charge in [0.2, 0.25) is 0 Å². The molecule has 0 atom stereocenters. The first-order valence-corrected chi connectivity index (χ1v) is 7.54. The summed E-state index contributed by atoms with van der Waals surface area (Å²) in [5.74, 6) is 1.01. The van der Waals surface area contributed by atoms with Crippen LogP contribution in [0.5, 0.6) is 0 Å². The Bertz CT molecular complexity index is 780. The van der Waals surface area contributed by atoms with Gasteiger partial charge in [0, 0.05) is 42.0 Å². The fourth-order valence-electron chi connectivity index (χ4n) is 2.77. The lowest BCUT2D eigenvalue weighted by atomic mass is 10.1. The first kappa shape index (κ1) is 13.2. The number of benzene rings is 1. The predicted molar refractivity (Wildman–Crippen MR) is 88.0 cm³/mol. The summed E-state index contributed by atoms with van der Waals surface area (Å²) < 4.78 is 5.38. The van der Waals surface area contributed by atoms with E-state index < -0.39 is 0 Å². The van der Waals surface area contributed by atoms with E-state index in [1.165, 1.54) is 0 Å². The van der Waals surface area contributed by atoms with Gasteiger partial charge in [0.15, 0.2) is 0 Å². The molecule has 0 unspecified atom stereocenters. The van der Waals surface area contributed by atoms with Crippen LogP contribution in [0.15, 0.2) is 54.9 Å². The van der Waals surface area contributed by atoms with E-state index in [0.717, 1.165) is 54.2 Å². The molecule has 1 aliphatic heterocycles. The van der Waals surface area contributed by atoms with Gasteiger partial charge in [-0.2, -0.15) is 0 Å². The van der Waals surface area contributed by atoms with Crippen molar-refractivity contribution in [1.29, 1.82) is 0 Å². The Morgan fingerprint density at radius 2 is 1.68 bits per heavy atom. The van der Waals surface area contributed by atoms with Crippen LogP contribution in [0.4, 0.5) is 5.82 Å². The fourth-order valence-corrected chi connectivity index (χ4v) is 2.77. The van der Waals surface area contributed by atoms with Gasteiger partial charge in [-0.05, 0) is 24.3 Å². The highest BCUT2D eigenvalue weighted by atomic mass is 16.5. The molecule has 22 heavy (non-hydrogen) atoms. The number of nitrogens with zero attached hydrogens (tertiary/aromatic N) is 3. The average Bonchev–Trinajstić information content (AvgIpc) is 2.62. The number of aromatic nitrogens is 2. The lowest BCUT2D eigenvalue weighted by Crippen LogP contribution is -2.36. The maximum absolute atomic E-state index is 5.38. The van der Waals surface area contributed by atoms with Crippen LogP contribution in [0.3, 0.4) is 0 Å². The van der Waals surface area contributed by atoms with Crippen molar-refractivity contribution in [3.63, 3.8) is 0 Å². The number of hydrogen-bond donors (Lipinski definition) is 0. The Labute approximate surface area is 129 Å². The zero-order valence-corrected chi connectivity index (χ0v) is 12.3. The number of para-hydroxylation sites is 1. The molecule has 0 bridgehead atoms. The molecule has 4 rings (SSSR count). The van der Waals surface area contributed by atoms with E-state index in [1.54, 1.807) is 0 Å². The molecule has 3 aromatic rings. The number of pyridine rings is 2. The van der Waals surface area contributed by atoms with Crippen LogP contribution in [0.1, 0.15) is 0 Å². The zero-order chi connectivity index (χ0) is 14.8. The summed E-state index contributed by atoms with van der Waals surface area (Å²) in [6.07, 6.45) is 3.84. The normalized spacial score (nSPS) is 15.2. The number of ether oxygens (including phenoxy) is 1. The largest absolute Gasteiger partial charge is 0.378 e. The van der Waals surface area contributed by atoms with E-state index in [0.29, 0.717) is 0 Å². The molecule has 4 heteroatoms. The minimum absolute atomic E-state index is 0.776. The molecule has 0 amide bonds. The molecule has 110 valence electrons. The highest BCUT2D eigenvalue weighted by Crippen LogP contribution is 2.23. The van der Waals surface area contributed by atoms with Crippen LogP contribution in [-0.4, -0.2) is 36.3 Å². The molecule has 0 N–H and O–H groups in total. The van der Waals surface area contributed by atoms with Crippen LogP contribution in [-0.2, 0) is 4.74 Å². The molecule has 0 spiro atoms. The van der Waals surface area contributed by atoms with Crippen molar-refractivity contribution in [3.8, 4) is 11.1 Å². The second kappa shape index (κ2) is 5.73. The highest BCUT2D eigenvalue weighted by Gasteiger charge is 2.12. The van der Waals surface area contributed by atoms with Crippen LogP contribution >= 0.6 is 0 Å². The molecule has 3 heterocycles. The second-order valence-electron chi connectivity index (χ2n) is 5.42. The zero-order valence-electron chi connectivity index (χ0n) is 12.3. The smallest absolute Gasteiger partial charge is 0.128 e. The summed E-state index contributed by atoms with van der Waals surface area (Å²) in [7, 11) is 0. The van der Waals surface area contributed by atoms with E-state index in [9.17, 15) is 0 Å². The third-order valence-electron chi connectivity index (χ3n) is 4.01. The predicted octanol–water partition coefficient (Wildman–Crippen LogP) is 3.13. The number of hydrogen-bond acceptors (Lipinski definition) is 4. The van der Waals surface area contributed by atoms with E-state index in [-0.39, 0.29) is 0 Å². The van der Waals surface area contributed by atoms with Crippen molar-refractivity contribution < 1.29 is 4.74 Å². The van der Waals surface area contributed by atoms with E-state index >= 15 is 0 Å². The number of anilines is 1. The van der Waals surface area contributed by atoms with Crippen molar-refractivity contribution >= 4 is 16.7 Å². The fraction of sp³-hybridized carbons (Fsp3) is 0.222. The lowest BCUT2D eigenvalue weighted by Gasteiger charge is -2.27. The topological polar surface area (TPSA) is 38.2 Å². The van der Waals surface area contributed by atoms with E-state index in [1.807, 2.05) is 30.6 Å². The molecule has 0 aliphatic carbocycles. The molecule has 0 saturated carbocycles.